The Labute approximate surface area is 195 Å². The van der Waals surface area contributed by atoms with E-state index in [9.17, 15) is 9.59 Å². The number of aryl methyl sites for hydroxylation is 1. The van der Waals surface area contributed by atoms with Crippen LogP contribution < -0.4 is 10.9 Å². The Morgan fingerprint density at radius 2 is 1.81 bits per heavy atom. The van der Waals surface area contributed by atoms with Gasteiger partial charge in [-0.1, -0.05) is 68.1 Å². The maximum absolute atomic E-state index is 12.9. The van der Waals surface area contributed by atoms with E-state index >= 15 is 0 Å². The molecule has 0 fully saturated rings. The second-order valence-corrected chi connectivity index (χ2v) is 10.2. The van der Waals surface area contributed by atoms with E-state index in [-0.39, 0.29) is 11.5 Å². The molecular weight excluding hydrogens is 438 g/mol. The highest BCUT2D eigenvalue weighted by atomic mass is 32.2. The molecule has 0 aliphatic heterocycles. The van der Waals surface area contributed by atoms with Crippen molar-refractivity contribution in [3.63, 3.8) is 0 Å². The highest BCUT2D eigenvalue weighted by Crippen LogP contribution is 2.33. The molecule has 0 bridgehead atoms. The Hall–Kier alpha value is -2.90. The lowest BCUT2D eigenvalue weighted by molar-refractivity contribution is -0.115. The molecule has 2 aromatic heterocycles. The molecule has 1 amide bonds. The summed E-state index contributed by atoms with van der Waals surface area (Å²) in [5.41, 5.74) is 4.74. The number of H-pyrrole nitrogens is 1. The minimum Gasteiger partial charge on any atom is -0.325 e. The number of hydrogen-bond donors (Lipinski definition) is 2. The molecule has 164 valence electrons. The number of carbonyl (C=O) groups is 1. The van der Waals surface area contributed by atoms with Crippen molar-refractivity contribution in [1.29, 1.82) is 0 Å². The van der Waals surface area contributed by atoms with Crippen LogP contribution in [0.2, 0.25) is 0 Å². The number of anilines is 1. The summed E-state index contributed by atoms with van der Waals surface area (Å²) in [6.45, 7) is 8.07. The number of thiophene rings is 1. The highest BCUT2D eigenvalue weighted by Gasteiger charge is 2.19. The van der Waals surface area contributed by atoms with Gasteiger partial charge in [0.2, 0.25) is 5.91 Å². The van der Waals surface area contributed by atoms with Crippen molar-refractivity contribution in [3.8, 4) is 11.1 Å². The van der Waals surface area contributed by atoms with Gasteiger partial charge in [0.1, 0.15) is 4.83 Å². The minimum absolute atomic E-state index is 0.135. The zero-order valence-electron chi connectivity index (χ0n) is 18.4. The lowest BCUT2D eigenvalue weighted by Crippen LogP contribution is -2.23. The number of amides is 1. The molecule has 7 heteroatoms. The summed E-state index contributed by atoms with van der Waals surface area (Å²) in [5, 5.41) is 5.53. The SMILES string of the molecule is Cc1ccccc1NC(=O)C(C)Sc1nc2scc(-c3ccc(C(C)C)cc3)c2c(=O)[nH]1. The fourth-order valence-corrected chi connectivity index (χ4v) is 5.22. The zero-order valence-corrected chi connectivity index (χ0v) is 20.1. The standard InChI is InChI=1S/C25H25N3O2S2/c1-14(2)17-9-11-18(12-10-17)19-13-31-24-21(19)23(30)27-25(28-24)32-16(4)22(29)26-20-8-6-5-7-15(20)3/h5-14,16H,1-4H3,(H,26,29)(H,27,28,30). The number of aromatic amines is 1. The van der Waals surface area contributed by atoms with Crippen LogP contribution in [-0.2, 0) is 4.79 Å². The van der Waals surface area contributed by atoms with Gasteiger partial charge in [-0.05, 0) is 42.5 Å². The predicted octanol–water partition coefficient (Wildman–Crippen LogP) is 6.20. The second kappa shape index (κ2) is 9.30. The molecule has 0 radical (unpaired) electrons. The number of fused-ring (bicyclic) bond motifs is 1. The molecule has 0 saturated carbocycles. The summed E-state index contributed by atoms with van der Waals surface area (Å²) < 4.78 is 0. The first-order chi connectivity index (χ1) is 15.3. The molecule has 32 heavy (non-hydrogen) atoms. The van der Waals surface area contributed by atoms with E-state index in [1.807, 2.05) is 36.6 Å². The fraction of sp³-hybridized carbons (Fsp3) is 0.240. The Morgan fingerprint density at radius 1 is 1.09 bits per heavy atom. The number of hydrogen-bond acceptors (Lipinski definition) is 5. The normalized spacial score (nSPS) is 12.3. The average Bonchev–Trinajstić information content (AvgIpc) is 3.20. The average molecular weight is 464 g/mol. The number of carbonyl (C=O) groups excluding carboxylic acids is 1. The first-order valence-electron chi connectivity index (χ1n) is 10.5. The van der Waals surface area contributed by atoms with E-state index in [2.05, 4.69) is 53.4 Å². The number of benzene rings is 2. The quantitative estimate of drug-likeness (QED) is 0.264. The summed E-state index contributed by atoms with van der Waals surface area (Å²) in [4.78, 5) is 33.7. The van der Waals surface area contributed by atoms with Gasteiger partial charge in [-0.2, -0.15) is 0 Å². The third-order valence-electron chi connectivity index (χ3n) is 5.37. The molecule has 0 saturated heterocycles. The van der Waals surface area contributed by atoms with Crippen LogP contribution in [0.4, 0.5) is 5.69 Å². The van der Waals surface area contributed by atoms with E-state index in [4.69, 9.17) is 0 Å². The molecule has 0 aliphatic carbocycles. The molecule has 4 aromatic rings. The van der Waals surface area contributed by atoms with E-state index in [0.29, 0.717) is 21.3 Å². The van der Waals surface area contributed by atoms with Crippen LogP contribution in [0, 0.1) is 6.92 Å². The number of rotatable bonds is 6. The van der Waals surface area contributed by atoms with E-state index in [0.717, 1.165) is 22.4 Å². The van der Waals surface area contributed by atoms with Crippen LogP contribution in [0.3, 0.4) is 0 Å². The predicted molar refractivity (Wildman–Crippen MR) is 135 cm³/mol. The van der Waals surface area contributed by atoms with Gasteiger partial charge in [-0.3, -0.25) is 9.59 Å². The van der Waals surface area contributed by atoms with E-state index < -0.39 is 5.25 Å². The third-order valence-corrected chi connectivity index (χ3v) is 7.23. The minimum atomic E-state index is -0.418. The monoisotopic (exact) mass is 463 g/mol. The Kier molecular flexibility index (Phi) is 6.48. The molecule has 4 rings (SSSR count). The number of aromatic nitrogens is 2. The first kappa shape index (κ1) is 22.3. The summed E-state index contributed by atoms with van der Waals surface area (Å²) in [6.07, 6.45) is 0. The van der Waals surface area contributed by atoms with Crippen LogP contribution >= 0.6 is 23.1 Å². The number of para-hydroxylation sites is 1. The summed E-state index contributed by atoms with van der Waals surface area (Å²) in [5.74, 6) is 0.321. The molecular formula is C25H25N3O2S2. The van der Waals surface area contributed by atoms with Crippen molar-refractivity contribution < 1.29 is 4.79 Å². The van der Waals surface area contributed by atoms with Gasteiger partial charge in [0, 0.05) is 16.6 Å². The molecule has 1 atom stereocenters. The molecule has 2 heterocycles. The smallest absolute Gasteiger partial charge is 0.260 e. The Balaban J connectivity index is 1.56. The van der Waals surface area contributed by atoms with E-state index in [1.165, 1.54) is 28.7 Å². The second-order valence-electron chi connectivity index (χ2n) is 8.04. The van der Waals surface area contributed by atoms with E-state index in [1.54, 1.807) is 6.92 Å². The molecule has 0 aliphatic rings. The van der Waals surface area contributed by atoms with Crippen LogP contribution in [0.1, 0.15) is 37.8 Å². The van der Waals surface area contributed by atoms with Gasteiger partial charge < -0.3 is 10.3 Å². The van der Waals surface area contributed by atoms with Crippen molar-refractivity contribution >= 4 is 44.9 Å². The maximum atomic E-state index is 12.9. The summed E-state index contributed by atoms with van der Waals surface area (Å²) in [6, 6.07) is 15.9. The van der Waals surface area contributed by atoms with Crippen molar-refractivity contribution in [2.24, 2.45) is 0 Å². The van der Waals surface area contributed by atoms with Gasteiger partial charge in [0.05, 0.1) is 10.6 Å². The van der Waals surface area contributed by atoms with Crippen molar-refractivity contribution in [1.82, 2.24) is 9.97 Å². The number of thioether (sulfide) groups is 1. The highest BCUT2D eigenvalue weighted by molar-refractivity contribution is 8.00. The van der Waals surface area contributed by atoms with Gasteiger partial charge in [-0.15, -0.1) is 11.3 Å². The van der Waals surface area contributed by atoms with Gasteiger partial charge in [0.25, 0.3) is 5.56 Å². The summed E-state index contributed by atoms with van der Waals surface area (Å²) in [7, 11) is 0. The number of nitrogens with one attached hydrogen (secondary N) is 2. The fourth-order valence-electron chi connectivity index (χ4n) is 3.41. The lowest BCUT2D eigenvalue weighted by atomic mass is 9.99. The molecule has 1 unspecified atom stereocenters. The van der Waals surface area contributed by atoms with Crippen LogP contribution in [0.15, 0.2) is 63.9 Å². The summed E-state index contributed by atoms with van der Waals surface area (Å²) >= 11 is 2.69. The molecule has 2 N–H and O–H groups in total. The van der Waals surface area contributed by atoms with Crippen molar-refractivity contribution in [2.75, 3.05) is 5.32 Å². The Morgan fingerprint density at radius 3 is 2.50 bits per heavy atom. The molecule has 0 spiro atoms. The Bertz CT molecular complexity index is 1320. The van der Waals surface area contributed by atoms with Crippen LogP contribution in [0.5, 0.6) is 0 Å². The van der Waals surface area contributed by atoms with Gasteiger partial charge in [0.15, 0.2) is 5.16 Å². The van der Waals surface area contributed by atoms with Crippen molar-refractivity contribution in [2.45, 2.75) is 44.0 Å². The zero-order chi connectivity index (χ0) is 22.8. The van der Waals surface area contributed by atoms with Crippen LogP contribution in [0.25, 0.3) is 21.3 Å². The molecule has 2 aromatic carbocycles. The topological polar surface area (TPSA) is 74.8 Å². The van der Waals surface area contributed by atoms with Crippen LogP contribution in [-0.4, -0.2) is 21.1 Å². The lowest BCUT2D eigenvalue weighted by Gasteiger charge is -2.13. The third kappa shape index (κ3) is 4.64. The largest absolute Gasteiger partial charge is 0.325 e. The van der Waals surface area contributed by atoms with Gasteiger partial charge >= 0.3 is 0 Å². The molecule has 5 nitrogen and oxygen atoms in total. The first-order valence-corrected chi connectivity index (χ1v) is 12.2. The number of nitrogens with zero attached hydrogens (tertiary/aromatic N) is 1. The van der Waals surface area contributed by atoms with Gasteiger partial charge in [-0.25, -0.2) is 4.98 Å². The van der Waals surface area contributed by atoms with Crippen molar-refractivity contribution in [3.05, 3.63) is 75.4 Å². The maximum Gasteiger partial charge on any atom is 0.260 e.